The first-order valence-electron chi connectivity index (χ1n) is 8.47. The van der Waals surface area contributed by atoms with Crippen LogP contribution in [0.4, 0.5) is 5.69 Å². The largest absolute Gasteiger partial charge is 0.495 e. The molecule has 0 bridgehead atoms. The Bertz CT molecular complexity index is 822. The summed E-state index contributed by atoms with van der Waals surface area (Å²) in [5, 5.41) is 0. The van der Waals surface area contributed by atoms with Gasteiger partial charge in [-0.15, -0.1) is 0 Å². The molecule has 1 aliphatic rings. The third kappa shape index (κ3) is 3.96. The molecule has 2 aromatic carbocycles. The summed E-state index contributed by atoms with van der Waals surface area (Å²) < 4.78 is 33.5. The third-order valence-corrected chi connectivity index (χ3v) is 6.03. The fourth-order valence-electron chi connectivity index (χ4n) is 3.28. The van der Waals surface area contributed by atoms with Crippen molar-refractivity contribution < 1.29 is 13.2 Å². The summed E-state index contributed by atoms with van der Waals surface area (Å²) in [6.45, 7) is 3.20. The van der Waals surface area contributed by atoms with E-state index in [-0.39, 0.29) is 10.9 Å². The van der Waals surface area contributed by atoms with Gasteiger partial charge in [-0.3, -0.25) is 0 Å². The van der Waals surface area contributed by atoms with Gasteiger partial charge in [0.05, 0.1) is 7.11 Å². The highest BCUT2D eigenvalue weighted by Crippen LogP contribution is 2.27. The van der Waals surface area contributed by atoms with E-state index in [1.54, 1.807) is 12.1 Å². The molecule has 3 rings (SSSR count). The number of nitrogens with zero attached hydrogens (tertiary/aromatic N) is 1. The smallest absolute Gasteiger partial charge is 0.244 e. The summed E-state index contributed by atoms with van der Waals surface area (Å²) in [5.41, 5.74) is 2.02. The van der Waals surface area contributed by atoms with Crippen molar-refractivity contribution in [3.05, 3.63) is 54.1 Å². The van der Waals surface area contributed by atoms with Crippen LogP contribution in [0, 0.1) is 6.92 Å². The Morgan fingerprint density at radius 3 is 2.68 bits per heavy atom. The van der Waals surface area contributed by atoms with Crippen molar-refractivity contribution in [1.29, 1.82) is 0 Å². The highest BCUT2D eigenvalue weighted by atomic mass is 32.2. The fraction of sp³-hybridized carbons (Fsp3) is 0.368. The van der Waals surface area contributed by atoms with Gasteiger partial charge in [0.2, 0.25) is 10.0 Å². The Morgan fingerprint density at radius 2 is 1.96 bits per heavy atom. The number of benzene rings is 2. The van der Waals surface area contributed by atoms with Crippen LogP contribution in [0.25, 0.3) is 0 Å². The first kappa shape index (κ1) is 17.8. The van der Waals surface area contributed by atoms with Crippen LogP contribution in [-0.2, 0) is 10.0 Å². The van der Waals surface area contributed by atoms with Crippen LogP contribution in [0.3, 0.4) is 0 Å². The predicted molar refractivity (Wildman–Crippen MR) is 99.7 cm³/mol. The Kier molecular flexibility index (Phi) is 5.30. The van der Waals surface area contributed by atoms with Crippen LogP contribution in [0.5, 0.6) is 5.75 Å². The second-order valence-corrected chi connectivity index (χ2v) is 8.07. The van der Waals surface area contributed by atoms with Gasteiger partial charge in [0.25, 0.3) is 0 Å². The monoisotopic (exact) mass is 360 g/mol. The van der Waals surface area contributed by atoms with Gasteiger partial charge >= 0.3 is 0 Å². The van der Waals surface area contributed by atoms with Gasteiger partial charge in [-0.05, 0) is 49.6 Å². The number of methoxy groups -OCH3 is 1. The van der Waals surface area contributed by atoms with Gasteiger partial charge in [-0.2, -0.15) is 0 Å². The average Bonchev–Trinajstić information content (AvgIpc) is 3.09. The Hall–Kier alpha value is -2.05. The molecule has 0 unspecified atom stereocenters. The number of ether oxygens (including phenoxy) is 1. The maximum Gasteiger partial charge on any atom is 0.244 e. The molecule has 25 heavy (non-hydrogen) atoms. The van der Waals surface area contributed by atoms with E-state index >= 15 is 0 Å². The third-order valence-electron chi connectivity index (χ3n) is 4.58. The zero-order valence-electron chi connectivity index (χ0n) is 14.6. The summed E-state index contributed by atoms with van der Waals surface area (Å²) in [4.78, 5) is 2.47. The Morgan fingerprint density at radius 1 is 1.20 bits per heavy atom. The van der Waals surface area contributed by atoms with Gasteiger partial charge in [0, 0.05) is 24.8 Å². The molecule has 1 fully saturated rings. The number of anilines is 1. The quantitative estimate of drug-likeness (QED) is 0.860. The van der Waals surface area contributed by atoms with E-state index in [1.807, 2.05) is 31.2 Å². The lowest BCUT2D eigenvalue weighted by molar-refractivity contribution is 0.402. The van der Waals surface area contributed by atoms with E-state index in [0.29, 0.717) is 12.3 Å². The van der Waals surface area contributed by atoms with Crippen LogP contribution in [0.2, 0.25) is 0 Å². The van der Waals surface area contributed by atoms with Gasteiger partial charge in [-0.1, -0.05) is 24.3 Å². The highest BCUT2D eigenvalue weighted by Gasteiger charge is 2.27. The predicted octanol–water partition coefficient (Wildman–Crippen LogP) is 2.95. The van der Waals surface area contributed by atoms with E-state index in [4.69, 9.17) is 4.74 Å². The molecule has 1 N–H and O–H groups in total. The van der Waals surface area contributed by atoms with E-state index < -0.39 is 10.0 Å². The molecule has 0 aliphatic carbocycles. The van der Waals surface area contributed by atoms with Crippen molar-refractivity contribution in [1.82, 2.24) is 4.72 Å². The SMILES string of the molecule is COc1ccc(C)cc1S(=O)(=O)NC[C@H]1CCCN1c1ccccc1. The lowest BCUT2D eigenvalue weighted by atomic mass is 10.2. The molecule has 0 radical (unpaired) electrons. The van der Waals surface area contributed by atoms with Crippen molar-refractivity contribution >= 4 is 15.7 Å². The van der Waals surface area contributed by atoms with E-state index in [1.165, 1.54) is 7.11 Å². The maximum atomic E-state index is 12.8. The first-order chi connectivity index (χ1) is 12.0. The topological polar surface area (TPSA) is 58.6 Å². The molecule has 5 nitrogen and oxygen atoms in total. The summed E-state index contributed by atoms with van der Waals surface area (Å²) in [6.07, 6.45) is 2.04. The number of para-hydroxylation sites is 1. The molecule has 0 spiro atoms. The molecule has 6 heteroatoms. The highest BCUT2D eigenvalue weighted by molar-refractivity contribution is 7.89. The van der Waals surface area contributed by atoms with Gasteiger partial charge < -0.3 is 9.64 Å². The molecule has 1 saturated heterocycles. The van der Waals surface area contributed by atoms with Gasteiger partial charge in [0.1, 0.15) is 10.6 Å². The normalized spacial score (nSPS) is 17.7. The minimum Gasteiger partial charge on any atom is -0.495 e. The van der Waals surface area contributed by atoms with Crippen LogP contribution >= 0.6 is 0 Å². The van der Waals surface area contributed by atoms with Crippen LogP contribution in [-0.4, -0.2) is 34.7 Å². The summed E-state index contributed by atoms with van der Waals surface area (Å²) in [5.74, 6) is 0.365. The molecule has 0 amide bonds. The summed E-state index contributed by atoms with van der Waals surface area (Å²) in [7, 11) is -2.14. The van der Waals surface area contributed by atoms with Gasteiger partial charge in [0.15, 0.2) is 0 Å². The standard InChI is InChI=1S/C19H24N2O3S/c1-15-10-11-18(24-2)19(13-15)25(22,23)20-14-17-9-6-12-21(17)16-7-4-3-5-8-16/h3-5,7-8,10-11,13,17,20H,6,9,12,14H2,1-2H3/t17-/m1/s1. The zero-order chi connectivity index (χ0) is 17.9. The average molecular weight is 360 g/mol. The molecular formula is C19H24N2O3S. The van der Waals surface area contributed by atoms with Crippen molar-refractivity contribution in [3.63, 3.8) is 0 Å². The molecule has 2 aromatic rings. The molecule has 0 aromatic heterocycles. The van der Waals surface area contributed by atoms with Crippen LogP contribution < -0.4 is 14.4 Å². The molecule has 134 valence electrons. The van der Waals surface area contributed by atoms with Crippen molar-refractivity contribution in [2.75, 3.05) is 25.1 Å². The fourth-order valence-corrected chi connectivity index (χ4v) is 4.61. The second-order valence-electron chi connectivity index (χ2n) is 6.33. The Labute approximate surface area is 149 Å². The van der Waals surface area contributed by atoms with Crippen LogP contribution in [0.15, 0.2) is 53.4 Å². The lowest BCUT2D eigenvalue weighted by Crippen LogP contribution is -2.40. The molecule has 1 atom stereocenters. The number of hydrogen-bond acceptors (Lipinski definition) is 4. The van der Waals surface area contributed by atoms with E-state index in [0.717, 1.165) is 30.6 Å². The second kappa shape index (κ2) is 7.45. The minimum atomic E-state index is -3.62. The summed E-state index contributed by atoms with van der Waals surface area (Å²) in [6, 6.07) is 15.5. The molecular weight excluding hydrogens is 336 g/mol. The summed E-state index contributed by atoms with van der Waals surface area (Å²) >= 11 is 0. The number of rotatable bonds is 6. The number of hydrogen-bond donors (Lipinski definition) is 1. The minimum absolute atomic E-state index is 0.160. The van der Waals surface area contributed by atoms with Crippen molar-refractivity contribution in [2.24, 2.45) is 0 Å². The first-order valence-corrected chi connectivity index (χ1v) is 9.95. The zero-order valence-corrected chi connectivity index (χ0v) is 15.4. The molecule has 1 heterocycles. The number of sulfonamides is 1. The Balaban J connectivity index is 1.75. The molecule has 0 saturated carbocycles. The number of nitrogens with one attached hydrogen (secondary N) is 1. The maximum absolute atomic E-state index is 12.8. The number of aryl methyl sites for hydroxylation is 1. The van der Waals surface area contributed by atoms with Gasteiger partial charge in [-0.25, -0.2) is 13.1 Å². The van der Waals surface area contributed by atoms with Crippen molar-refractivity contribution in [2.45, 2.75) is 30.7 Å². The lowest BCUT2D eigenvalue weighted by Gasteiger charge is -2.27. The van der Waals surface area contributed by atoms with E-state index in [2.05, 4.69) is 21.8 Å². The van der Waals surface area contributed by atoms with Crippen LogP contribution in [0.1, 0.15) is 18.4 Å². The van der Waals surface area contributed by atoms with Crippen molar-refractivity contribution in [3.8, 4) is 5.75 Å². The van der Waals surface area contributed by atoms with E-state index in [9.17, 15) is 8.42 Å². The molecule has 1 aliphatic heterocycles.